The van der Waals surface area contributed by atoms with Crippen LogP contribution < -0.4 is 10.6 Å². The largest absolute Gasteiger partial charge is 0.396 e. The van der Waals surface area contributed by atoms with Crippen molar-refractivity contribution in [1.29, 1.82) is 0 Å². The molecular formula is C27H30ClN3O4S. The maximum absolute atomic E-state index is 13.8. The van der Waals surface area contributed by atoms with E-state index in [0.29, 0.717) is 36.6 Å². The first-order valence-corrected chi connectivity index (χ1v) is 13.7. The van der Waals surface area contributed by atoms with E-state index in [0.717, 1.165) is 18.4 Å². The predicted octanol–water partition coefficient (Wildman–Crippen LogP) is 3.46. The summed E-state index contributed by atoms with van der Waals surface area (Å²) in [5.41, 5.74) is 1.61. The van der Waals surface area contributed by atoms with Gasteiger partial charge in [0, 0.05) is 35.7 Å². The lowest BCUT2D eigenvalue weighted by molar-refractivity contribution is -0.139. The van der Waals surface area contributed by atoms with E-state index in [9.17, 15) is 19.5 Å². The van der Waals surface area contributed by atoms with Crippen LogP contribution in [0.1, 0.15) is 31.2 Å². The Morgan fingerprint density at radius 2 is 1.83 bits per heavy atom. The lowest BCUT2D eigenvalue weighted by Crippen LogP contribution is -2.51. The van der Waals surface area contributed by atoms with Gasteiger partial charge in [-0.25, -0.2) is 0 Å². The van der Waals surface area contributed by atoms with Gasteiger partial charge in [0.25, 0.3) is 0 Å². The van der Waals surface area contributed by atoms with Gasteiger partial charge in [-0.1, -0.05) is 41.9 Å². The summed E-state index contributed by atoms with van der Waals surface area (Å²) in [6.07, 6.45) is 2.65. The molecule has 3 fully saturated rings. The quantitative estimate of drug-likeness (QED) is 0.434. The fourth-order valence-electron chi connectivity index (χ4n) is 6.03. The summed E-state index contributed by atoms with van der Waals surface area (Å²) in [6, 6.07) is 15.9. The first-order chi connectivity index (χ1) is 17.4. The molecule has 7 nitrogen and oxygen atoms in total. The number of amides is 3. The van der Waals surface area contributed by atoms with Crippen LogP contribution in [0.3, 0.4) is 0 Å². The standard InChI is InChI=1S/C27H30ClN3O4S/c28-18-8-10-19(11-9-18)30-25(34)23-27-13-12-20(36-27)21(22(27)26(35)31(23)14-4-5-15-32)24(33)29-16-17-6-2-1-3-7-17/h1-3,6-11,20-23,32H,4-5,12-16H2,(H,29,33)(H,30,34)/t20-,21+,22+,23?,27?/m1/s1. The number of nitrogens with zero attached hydrogens (tertiary/aromatic N) is 1. The molecule has 2 aromatic carbocycles. The number of fused-ring (bicyclic) bond motifs is 1. The molecule has 0 radical (unpaired) electrons. The highest BCUT2D eigenvalue weighted by molar-refractivity contribution is 8.02. The van der Waals surface area contributed by atoms with Crippen molar-refractivity contribution >= 4 is 46.8 Å². The molecule has 3 saturated heterocycles. The summed E-state index contributed by atoms with van der Waals surface area (Å²) >= 11 is 7.64. The first kappa shape index (κ1) is 25.1. The average Bonchev–Trinajstić information content (AvgIpc) is 3.52. The van der Waals surface area contributed by atoms with Crippen molar-refractivity contribution in [2.24, 2.45) is 11.8 Å². The number of hydrogen-bond acceptors (Lipinski definition) is 5. The zero-order chi connectivity index (χ0) is 25.3. The van der Waals surface area contributed by atoms with E-state index >= 15 is 0 Å². The Morgan fingerprint density at radius 3 is 2.56 bits per heavy atom. The molecule has 3 aliphatic heterocycles. The number of halogens is 1. The van der Waals surface area contributed by atoms with Crippen LogP contribution in [0.5, 0.6) is 0 Å². The van der Waals surface area contributed by atoms with E-state index in [2.05, 4.69) is 10.6 Å². The highest BCUT2D eigenvalue weighted by Gasteiger charge is 2.73. The van der Waals surface area contributed by atoms with Crippen LogP contribution in [0.25, 0.3) is 0 Å². The van der Waals surface area contributed by atoms with Crippen molar-refractivity contribution in [3.05, 3.63) is 65.2 Å². The third kappa shape index (κ3) is 4.51. The normalized spacial score (nSPS) is 28.3. The minimum Gasteiger partial charge on any atom is -0.396 e. The number of anilines is 1. The SMILES string of the molecule is O=C(Nc1ccc(Cl)cc1)C1N(CCCCO)C(=O)[C@@H]2[C@@H](C(=O)NCc3ccccc3)[C@H]3CCC12S3. The van der Waals surface area contributed by atoms with Crippen LogP contribution in [0.15, 0.2) is 54.6 Å². The predicted molar refractivity (Wildman–Crippen MR) is 141 cm³/mol. The monoisotopic (exact) mass is 527 g/mol. The number of thioether (sulfide) groups is 1. The second kappa shape index (κ2) is 10.4. The molecule has 0 saturated carbocycles. The summed E-state index contributed by atoms with van der Waals surface area (Å²) < 4.78 is -0.633. The average molecular weight is 528 g/mol. The highest BCUT2D eigenvalue weighted by Crippen LogP contribution is 2.66. The van der Waals surface area contributed by atoms with Gasteiger partial charge in [-0.15, -0.1) is 11.8 Å². The summed E-state index contributed by atoms with van der Waals surface area (Å²) in [5, 5.41) is 15.9. The molecule has 2 aromatic rings. The maximum Gasteiger partial charge on any atom is 0.248 e. The Hall–Kier alpha value is -2.55. The number of rotatable bonds is 9. The lowest BCUT2D eigenvalue weighted by atomic mass is 9.70. The van der Waals surface area contributed by atoms with Gasteiger partial charge in [-0.3, -0.25) is 14.4 Å². The van der Waals surface area contributed by atoms with Gasteiger partial charge in [-0.05, 0) is 55.5 Å². The smallest absolute Gasteiger partial charge is 0.248 e. The highest BCUT2D eigenvalue weighted by atomic mass is 35.5. The Morgan fingerprint density at radius 1 is 1.08 bits per heavy atom. The van der Waals surface area contributed by atoms with Crippen LogP contribution >= 0.6 is 23.4 Å². The summed E-state index contributed by atoms with van der Waals surface area (Å²) in [5.74, 6) is -1.49. The molecule has 36 heavy (non-hydrogen) atoms. The third-order valence-electron chi connectivity index (χ3n) is 7.58. The van der Waals surface area contributed by atoms with E-state index in [1.165, 1.54) is 0 Å². The molecule has 2 unspecified atom stereocenters. The zero-order valence-electron chi connectivity index (χ0n) is 19.9. The van der Waals surface area contributed by atoms with Crippen LogP contribution in [0.2, 0.25) is 5.02 Å². The minimum atomic E-state index is -0.675. The number of carbonyl (C=O) groups excluding carboxylic acids is 3. The van der Waals surface area contributed by atoms with Crippen molar-refractivity contribution in [3.8, 4) is 0 Å². The number of benzene rings is 2. The zero-order valence-corrected chi connectivity index (χ0v) is 21.4. The van der Waals surface area contributed by atoms with Crippen molar-refractivity contribution in [2.75, 3.05) is 18.5 Å². The molecule has 3 heterocycles. The molecule has 0 aliphatic carbocycles. The molecular weight excluding hydrogens is 498 g/mol. The summed E-state index contributed by atoms with van der Waals surface area (Å²) in [4.78, 5) is 42.6. The third-order valence-corrected chi connectivity index (χ3v) is 9.78. The number of aliphatic hydroxyl groups is 1. The molecule has 3 aliphatic rings. The van der Waals surface area contributed by atoms with Crippen molar-refractivity contribution in [1.82, 2.24) is 10.2 Å². The molecule has 2 bridgehead atoms. The fraction of sp³-hybridized carbons (Fsp3) is 0.444. The summed E-state index contributed by atoms with van der Waals surface area (Å²) in [6.45, 7) is 0.807. The number of nitrogens with one attached hydrogen (secondary N) is 2. The van der Waals surface area contributed by atoms with Gasteiger partial charge in [0.05, 0.1) is 16.6 Å². The number of carbonyl (C=O) groups is 3. The molecule has 3 N–H and O–H groups in total. The first-order valence-electron chi connectivity index (χ1n) is 12.4. The van der Waals surface area contributed by atoms with E-state index in [4.69, 9.17) is 11.6 Å². The van der Waals surface area contributed by atoms with E-state index in [1.54, 1.807) is 40.9 Å². The van der Waals surface area contributed by atoms with E-state index in [1.807, 2.05) is 30.3 Å². The second-order valence-electron chi connectivity index (χ2n) is 9.72. The Bertz CT molecular complexity index is 1130. The van der Waals surface area contributed by atoms with Gasteiger partial charge < -0.3 is 20.6 Å². The topological polar surface area (TPSA) is 98.7 Å². The van der Waals surface area contributed by atoms with Crippen molar-refractivity contribution in [2.45, 2.75) is 48.3 Å². The molecule has 190 valence electrons. The lowest BCUT2D eigenvalue weighted by Gasteiger charge is -2.34. The Balaban J connectivity index is 1.40. The molecule has 9 heteroatoms. The van der Waals surface area contributed by atoms with Gasteiger partial charge >= 0.3 is 0 Å². The molecule has 3 amide bonds. The van der Waals surface area contributed by atoms with Crippen LogP contribution in [-0.4, -0.2) is 56.9 Å². The van der Waals surface area contributed by atoms with Crippen LogP contribution in [0.4, 0.5) is 5.69 Å². The second-order valence-corrected chi connectivity index (χ2v) is 11.8. The number of hydrogen-bond donors (Lipinski definition) is 3. The molecule has 0 aromatic heterocycles. The number of aliphatic hydroxyl groups excluding tert-OH is 1. The van der Waals surface area contributed by atoms with Crippen molar-refractivity contribution in [3.63, 3.8) is 0 Å². The Labute approximate surface area is 220 Å². The van der Waals surface area contributed by atoms with Crippen molar-refractivity contribution < 1.29 is 19.5 Å². The van der Waals surface area contributed by atoms with Gasteiger partial charge in [0.2, 0.25) is 17.7 Å². The van der Waals surface area contributed by atoms with Crippen LogP contribution in [0, 0.1) is 11.8 Å². The molecule has 5 atom stereocenters. The molecule has 1 spiro atoms. The van der Waals surface area contributed by atoms with Gasteiger partial charge in [-0.2, -0.15) is 0 Å². The van der Waals surface area contributed by atoms with E-state index in [-0.39, 0.29) is 29.6 Å². The van der Waals surface area contributed by atoms with Gasteiger partial charge in [0.1, 0.15) is 6.04 Å². The van der Waals surface area contributed by atoms with Gasteiger partial charge in [0.15, 0.2) is 0 Å². The fourth-order valence-corrected chi connectivity index (χ4v) is 8.38. The number of unbranched alkanes of at least 4 members (excludes halogenated alkanes) is 1. The minimum absolute atomic E-state index is 0.0140. The molecule has 5 rings (SSSR count). The Kier molecular flexibility index (Phi) is 7.28. The number of likely N-dealkylation sites (tertiary alicyclic amines) is 1. The maximum atomic E-state index is 13.8. The van der Waals surface area contributed by atoms with Crippen LogP contribution in [-0.2, 0) is 20.9 Å². The van der Waals surface area contributed by atoms with E-state index < -0.39 is 22.6 Å². The summed E-state index contributed by atoms with van der Waals surface area (Å²) in [7, 11) is 0.